The molecular formula is C24H26N2O3S2. The fourth-order valence-electron chi connectivity index (χ4n) is 3.29. The van der Waals surface area contributed by atoms with Crippen LogP contribution >= 0.6 is 23.6 Å². The second-order valence-corrected chi connectivity index (χ2v) is 8.55. The van der Waals surface area contributed by atoms with E-state index in [0.29, 0.717) is 22.3 Å². The Morgan fingerprint density at radius 3 is 2.42 bits per heavy atom. The van der Waals surface area contributed by atoms with Gasteiger partial charge in [-0.3, -0.25) is 0 Å². The van der Waals surface area contributed by atoms with E-state index >= 15 is 0 Å². The van der Waals surface area contributed by atoms with Gasteiger partial charge in [0.2, 0.25) is 0 Å². The molecule has 0 bridgehead atoms. The molecule has 1 heterocycles. The summed E-state index contributed by atoms with van der Waals surface area (Å²) in [6.07, 6.45) is 0. The van der Waals surface area contributed by atoms with Crippen LogP contribution in [0.3, 0.4) is 0 Å². The molecular weight excluding hydrogens is 428 g/mol. The van der Waals surface area contributed by atoms with Crippen LogP contribution in [0.2, 0.25) is 0 Å². The third-order valence-corrected chi connectivity index (χ3v) is 6.06. The molecule has 2 N–H and O–H groups in total. The van der Waals surface area contributed by atoms with Gasteiger partial charge in [0.05, 0.1) is 19.8 Å². The quantitative estimate of drug-likeness (QED) is 0.339. The van der Waals surface area contributed by atoms with E-state index in [1.165, 1.54) is 11.3 Å². The number of nitrogens with one attached hydrogen (secondary N) is 2. The Balaban J connectivity index is 1.84. The molecule has 0 fully saturated rings. The molecule has 3 aromatic rings. The molecule has 7 heteroatoms. The second kappa shape index (κ2) is 10.4. The number of thiophene rings is 1. The SMILES string of the molecule is CCOC(=O)c1c(NC(=S)NC(C)c2ccc(OC)cc2)sc(C)c1-c1ccccc1. The highest BCUT2D eigenvalue weighted by Gasteiger charge is 2.25. The first-order chi connectivity index (χ1) is 14.9. The number of anilines is 1. The molecule has 5 nitrogen and oxygen atoms in total. The van der Waals surface area contributed by atoms with E-state index in [9.17, 15) is 4.79 Å². The zero-order chi connectivity index (χ0) is 22.4. The van der Waals surface area contributed by atoms with Crippen molar-refractivity contribution in [2.24, 2.45) is 0 Å². The summed E-state index contributed by atoms with van der Waals surface area (Å²) >= 11 is 7.04. The van der Waals surface area contributed by atoms with Crippen molar-refractivity contribution in [2.75, 3.05) is 19.0 Å². The van der Waals surface area contributed by atoms with Crippen molar-refractivity contribution in [1.29, 1.82) is 0 Å². The normalized spacial score (nSPS) is 11.5. The summed E-state index contributed by atoms with van der Waals surface area (Å²) in [6.45, 7) is 6.13. The first kappa shape index (κ1) is 22.8. The predicted octanol–water partition coefficient (Wildman–Crippen LogP) is 5.96. The number of benzene rings is 2. The number of rotatable bonds is 7. The van der Waals surface area contributed by atoms with Crippen LogP contribution in [-0.2, 0) is 4.74 Å². The minimum atomic E-state index is -0.362. The number of aryl methyl sites for hydroxylation is 1. The Morgan fingerprint density at radius 1 is 1.13 bits per heavy atom. The van der Waals surface area contributed by atoms with Crippen molar-refractivity contribution in [1.82, 2.24) is 5.32 Å². The van der Waals surface area contributed by atoms with Crippen molar-refractivity contribution in [2.45, 2.75) is 26.8 Å². The fourth-order valence-corrected chi connectivity index (χ4v) is 4.71. The Labute approximate surface area is 192 Å². The van der Waals surface area contributed by atoms with Gasteiger partial charge in [0.25, 0.3) is 0 Å². The molecule has 1 unspecified atom stereocenters. The molecule has 2 aromatic carbocycles. The fraction of sp³-hybridized carbons (Fsp3) is 0.250. The summed E-state index contributed by atoms with van der Waals surface area (Å²) in [6, 6.07) is 17.6. The van der Waals surface area contributed by atoms with Crippen LogP contribution in [0.25, 0.3) is 11.1 Å². The summed E-state index contributed by atoms with van der Waals surface area (Å²) in [4.78, 5) is 13.8. The van der Waals surface area contributed by atoms with Gasteiger partial charge in [0, 0.05) is 10.4 Å². The van der Waals surface area contributed by atoms with Gasteiger partial charge in [-0.25, -0.2) is 4.79 Å². The Kier molecular flexibility index (Phi) is 7.65. The molecule has 162 valence electrons. The standard InChI is InChI=1S/C24H26N2O3S2/c1-5-29-23(27)21-20(18-9-7-6-8-10-18)16(3)31-22(21)26-24(30)25-15(2)17-11-13-19(28-4)14-12-17/h6-15H,5H2,1-4H3,(H2,25,26,30). The first-order valence-corrected chi connectivity index (χ1v) is 11.2. The van der Waals surface area contributed by atoms with Crippen LogP contribution in [0.5, 0.6) is 5.75 Å². The van der Waals surface area contributed by atoms with E-state index in [4.69, 9.17) is 21.7 Å². The number of methoxy groups -OCH3 is 1. The van der Waals surface area contributed by atoms with E-state index in [1.807, 2.05) is 68.4 Å². The van der Waals surface area contributed by atoms with E-state index in [1.54, 1.807) is 14.0 Å². The van der Waals surface area contributed by atoms with Gasteiger partial charge in [-0.05, 0) is 56.2 Å². The topological polar surface area (TPSA) is 59.6 Å². The summed E-state index contributed by atoms with van der Waals surface area (Å²) in [5.74, 6) is 0.442. The lowest BCUT2D eigenvalue weighted by atomic mass is 10.0. The van der Waals surface area contributed by atoms with Gasteiger partial charge in [-0.2, -0.15) is 0 Å². The zero-order valence-corrected chi connectivity index (χ0v) is 19.7. The van der Waals surface area contributed by atoms with E-state index in [-0.39, 0.29) is 12.0 Å². The van der Waals surface area contributed by atoms with Crippen LogP contribution in [0.1, 0.15) is 40.7 Å². The first-order valence-electron chi connectivity index (χ1n) is 10.0. The highest BCUT2D eigenvalue weighted by Crippen LogP contribution is 2.40. The molecule has 0 aliphatic carbocycles. The maximum Gasteiger partial charge on any atom is 0.341 e. The maximum atomic E-state index is 12.8. The van der Waals surface area contributed by atoms with Crippen molar-refractivity contribution in [3.63, 3.8) is 0 Å². The molecule has 0 radical (unpaired) electrons. The summed E-state index contributed by atoms with van der Waals surface area (Å²) in [5.41, 5.74) is 3.43. The summed E-state index contributed by atoms with van der Waals surface area (Å²) in [7, 11) is 1.64. The lowest BCUT2D eigenvalue weighted by Crippen LogP contribution is -2.31. The zero-order valence-electron chi connectivity index (χ0n) is 18.0. The third-order valence-electron chi connectivity index (χ3n) is 4.82. The highest BCUT2D eigenvalue weighted by atomic mass is 32.1. The van der Waals surface area contributed by atoms with Crippen molar-refractivity contribution < 1.29 is 14.3 Å². The van der Waals surface area contributed by atoms with Gasteiger partial charge < -0.3 is 20.1 Å². The average molecular weight is 455 g/mol. The Morgan fingerprint density at radius 2 is 1.81 bits per heavy atom. The number of thiocarbonyl (C=S) groups is 1. The number of carbonyl (C=O) groups is 1. The van der Waals surface area contributed by atoms with Crippen molar-refractivity contribution >= 4 is 39.6 Å². The maximum absolute atomic E-state index is 12.8. The molecule has 0 saturated heterocycles. The molecule has 0 aliphatic rings. The summed E-state index contributed by atoms with van der Waals surface area (Å²) in [5, 5.41) is 7.61. The molecule has 3 rings (SSSR count). The minimum Gasteiger partial charge on any atom is -0.497 e. The lowest BCUT2D eigenvalue weighted by molar-refractivity contribution is 0.0529. The van der Waals surface area contributed by atoms with Gasteiger partial charge in [0.1, 0.15) is 16.3 Å². The molecule has 1 atom stereocenters. The number of carbonyl (C=O) groups excluding carboxylic acids is 1. The molecule has 0 amide bonds. The number of hydrogen-bond acceptors (Lipinski definition) is 5. The van der Waals surface area contributed by atoms with Gasteiger partial charge in [0.15, 0.2) is 5.11 Å². The Bertz CT molecular complexity index is 1050. The van der Waals surface area contributed by atoms with Gasteiger partial charge >= 0.3 is 5.97 Å². The van der Waals surface area contributed by atoms with Crippen LogP contribution in [0.4, 0.5) is 5.00 Å². The van der Waals surface area contributed by atoms with E-state index in [0.717, 1.165) is 27.3 Å². The van der Waals surface area contributed by atoms with Crippen LogP contribution in [0.15, 0.2) is 54.6 Å². The van der Waals surface area contributed by atoms with Crippen LogP contribution in [0, 0.1) is 6.92 Å². The number of esters is 1. The lowest BCUT2D eigenvalue weighted by Gasteiger charge is -2.18. The third kappa shape index (κ3) is 5.42. The summed E-state index contributed by atoms with van der Waals surface area (Å²) < 4.78 is 10.6. The monoisotopic (exact) mass is 454 g/mol. The minimum absolute atomic E-state index is 0.0217. The largest absolute Gasteiger partial charge is 0.497 e. The number of hydrogen-bond donors (Lipinski definition) is 2. The average Bonchev–Trinajstić information content (AvgIpc) is 3.09. The molecule has 31 heavy (non-hydrogen) atoms. The highest BCUT2D eigenvalue weighted by molar-refractivity contribution is 7.80. The number of ether oxygens (including phenoxy) is 2. The smallest absolute Gasteiger partial charge is 0.341 e. The van der Waals surface area contributed by atoms with Gasteiger partial charge in [-0.15, -0.1) is 11.3 Å². The molecule has 0 spiro atoms. The molecule has 0 saturated carbocycles. The van der Waals surface area contributed by atoms with Crippen LogP contribution in [-0.4, -0.2) is 24.8 Å². The van der Waals surface area contributed by atoms with Crippen molar-refractivity contribution in [3.8, 4) is 16.9 Å². The molecule has 0 aliphatic heterocycles. The van der Waals surface area contributed by atoms with Gasteiger partial charge in [-0.1, -0.05) is 42.5 Å². The van der Waals surface area contributed by atoms with E-state index in [2.05, 4.69) is 10.6 Å². The second-order valence-electron chi connectivity index (χ2n) is 6.92. The van der Waals surface area contributed by atoms with E-state index < -0.39 is 0 Å². The van der Waals surface area contributed by atoms with Crippen molar-refractivity contribution in [3.05, 3.63) is 70.6 Å². The predicted molar refractivity (Wildman–Crippen MR) is 131 cm³/mol. The molecule has 1 aromatic heterocycles. The van der Waals surface area contributed by atoms with Crippen LogP contribution < -0.4 is 15.4 Å². The Hall–Kier alpha value is -2.90.